The van der Waals surface area contributed by atoms with Crippen molar-refractivity contribution in [1.29, 1.82) is 0 Å². The maximum atomic E-state index is 5.42. The monoisotopic (exact) mass is 341 g/mol. The van der Waals surface area contributed by atoms with Crippen LogP contribution in [0.15, 0.2) is 35.7 Å². The van der Waals surface area contributed by atoms with E-state index in [-0.39, 0.29) is 0 Å². The van der Waals surface area contributed by atoms with Crippen LogP contribution in [0.4, 0.5) is 5.82 Å². The lowest BCUT2D eigenvalue weighted by Gasteiger charge is -2.29. The predicted octanol–water partition coefficient (Wildman–Crippen LogP) is 2.79. The van der Waals surface area contributed by atoms with E-state index in [0.29, 0.717) is 0 Å². The molecule has 0 aliphatic carbocycles. The maximum Gasteiger partial charge on any atom is 0.166 e. The molecule has 0 amide bonds. The molecule has 6 nitrogen and oxygen atoms in total. The third-order valence-corrected chi connectivity index (χ3v) is 5.07. The van der Waals surface area contributed by atoms with E-state index in [1.54, 1.807) is 18.1 Å². The van der Waals surface area contributed by atoms with E-state index in [2.05, 4.69) is 31.8 Å². The van der Waals surface area contributed by atoms with Crippen LogP contribution < -0.4 is 4.90 Å². The number of ether oxygens (including phenoxy) is 1. The molecule has 0 spiro atoms. The van der Waals surface area contributed by atoms with Gasteiger partial charge in [-0.25, -0.2) is 15.0 Å². The molecule has 3 heterocycles. The normalized spacial score (nSPS) is 15.1. The molecule has 1 fully saturated rings. The summed E-state index contributed by atoms with van der Waals surface area (Å²) in [6.45, 7) is 5.38. The van der Waals surface area contributed by atoms with Gasteiger partial charge in [0.1, 0.15) is 12.1 Å². The molecular formula is C17H19N5OS. The van der Waals surface area contributed by atoms with Crippen molar-refractivity contribution in [2.24, 2.45) is 0 Å². The minimum absolute atomic E-state index is 0.756. The molecule has 3 aromatic rings. The van der Waals surface area contributed by atoms with Crippen LogP contribution in [0.2, 0.25) is 0 Å². The van der Waals surface area contributed by atoms with Crippen molar-refractivity contribution >= 4 is 28.6 Å². The molecule has 0 atom stereocenters. The van der Waals surface area contributed by atoms with Gasteiger partial charge in [0.25, 0.3) is 0 Å². The highest BCUT2D eigenvalue weighted by molar-refractivity contribution is 7.98. The second-order valence-electron chi connectivity index (χ2n) is 5.72. The highest BCUT2D eigenvalue weighted by Gasteiger charge is 2.17. The Morgan fingerprint density at radius 3 is 2.88 bits per heavy atom. The fourth-order valence-corrected chi connectivity index (χ4v) is 3.76. The number of hydrogen-bond acceptors (Lipinski definition) is 6. The number of imidazole rings is 1. The number of nitrogens with one attached hydrogen (secondary N) is 1. The summed E-state index contributed by atoms with van der Waals surface area (Å²) >= 11 is 1.67. The van der Waals surface area contributed by atoms with E-state index in [0.717, 1.165) is 65.3 Å². The van der Waals surface area contributed by atoms with E-state index in [9.17, 15) is 0 Å². The fourth-order valence-electron chi connectivity index (χ4n) is 2.85. The van der Waals surface area contributed by atoms with Crippen LogP contribution in [0, 0.1) is 6.92 Å². The Morgan fingerprint density at radius 2 is 2.04 bits per heavy atom. The summed E-state index contributed by atoms with van der Waals surface area (Å²) in [5, 5.41) is 0.919. The predicted molar refractivity (Wildman–Crippen MR) is 95.5 cm³/mol. The molecular weight excluding hydrogens is 322 g/mol. The van der Waals surface area contributed by atoms with E-state index >= 15 is 0 Å². The van der Waals surface area contributed by atoms with E-state index in [1.165, 1.54) is 0 Å². The second-order valence-corrected chi connectivity index (χ2v) is 6.68. The standard InChI is InChI=1S/C17H19N5OS/c1-12-15(18-11-19-16(12)22-6-8-23-9-7-22)10-24-17-20-13-4-2-3-5-14(13)21-17/h2-5,11H,6-10H2,1H3,(H,20,21). The van der Waals surface area contributed by atoms with Gasteiger partial charge in [0.15, 0.2) is 5.16 Å². The van der Waals surface area contributed by atoms with E-state index < -0.39 is 0 Å². The second kappa shape index (κ2) is 6.78. The van der Waals surface area contributed by atoms with Gasteiger partial charge in [0.2, 0.25) is 0 Å². The number of fused-ring (bicyclic) bond motifs is 1. The van der Waals surface area contributed by atoms with Crippen molar-refractivity contribution in [1.82, 2.24) is 19.9 Å². The highest BCUT2D eigenvalue weighted by atomic mass is 32.2. The zero-order chi connectivity index (χ0) is 16.4. The molecule has 0 radical (unpaired) electrons. The zero-order valence-electron chi connectivity index (χ0n) is 13.5. The molecule has 4 rings (SSSR count). The molecule has 1 aliphatic heterocycles. The molecule has 2 aromatic heterocycles. The summed E-state index contributed by atoms with van der Waals surface area (Å²) in [5.41, 5.74) is 4.25. The Balaban J connectivity index is 1.51. The molecule has 24 heavy (non-hydrogen) atoms. The van der Waals surface area contributed by atoms with Gasteiger partial charge in [0, 0.05) is 24.4 Å². The van der Waals surface area contributed by atoms with Crippen LogP contribution in [0.1, 0.15) is 11.3 Å². The molecule has 124 valence electrons. The van der Waals surface area contributed by atoms with Gasteiger partial charge in [-0.05, 0) is 19.1 Å². The molecule has 0 unspecified atom stereocenters. The third kappa shape index (κ3) is 3.09. The number of anilines is 1. The molecule has 1 saturated heterocycles. The van der Waals surface area contributed by atoms with Crippen molar-refractivity contribution in [3.8, 4) is 0 Å². The van der Waals surface area contributed by atoms with Gasteiger partial charge >= 0.3 is 0 Å². The van der Waals surface area contributed by atoms with E-state index in [1.807, 2.05) is 24.3 Å². The Labute approximate surface area is 144 Å². The number of benzene rings is 1. The lowest BCUT2D eigenvalue weighted by atomic mass is 10.2. The van der Waals surface area contributed by atoms with Gasteiger partial charge in [-0.1, -0.05) is 23.9 Å². The first-order chi connectivity index (χ1) is 11.8. The van der Waals surface area contributed by atoms with Crippen LogP contribution in [0.5, 0.6) is 0 Å². The summed E-state index contributed by atoms with van der Waals surface area (Å²) in [6.07, 6.45) is 1.66. The van der Waals surface area contributed by atoms with Gasteiger partial charge < -0.3 is 14.6 Å². The number of H-pyrrole nitrogens is 1. The number of rotatable bonds is 4. The Morgan fingerprint density at radius 1 is 1.21 bits per heavy atom. The van der Waals surface area contributed by atoms with Crippen molar-refractivity contribution < 1.29 is 4.74 Å². The molecule has 1 N–H and O–H groups in total. The maximum absolute atomic E-state index is 5.42. The fraction of sp³-hybridized carbons (Fsp3) is 0.353. The summed E-state index contributed by atoms with van der Waals surface area (Å²) in [5.74, 6) is 1.79. The van der Waals surface area contributed by atoms with Crippen molar-refractivity contribution in [2.45, 2.75) is 17.8 Å². The number of para-hydroxylation sites is 2. The smallest absolute Gasteiger partial charge is 0.166 e. The minimum Gasteiger partial charge on any atom is -0.378 e. The molecule has 0 saturated carbocycles. The van der Waals surface area contributed by atoms with Crippen LogP contribution in [-0.4, -0.2) is 46.2 Å². The van der Waals surface area contributed by atoms with Crippen LogP contribution >= 0.6 is 11.8 Å². The minimum atomic E-state index is 0.756. The first-order valence-electron chi connectivity index (χ1n) is 8.02. The zero-order valence-corrected chi connectivity index (χ0v) is 14.3. The number of hydrogen-bond donors (Lipinski definition) is 1. The van der Waals surface area contributed by atoms with Crippen LogP contribution in [0.3, 0.4) is 0 Å². The van der Waals surface area contributed by atoms with Crippen LogP contribution in [0.25, 0.3) is 11.0 Å². The quantitative estimate of drug-likeness (QED) is 0.736. The van der Waals surface area contributed by atoms with Gasteiger partial charge in [-0.3, -0.25) is 0 Å². The van der Waals surface area contributed by atoms with E-state index in [4.69, 9.17) is 4.74 Å². The number of nitrogens with zero attached hydrogens (tertiary/aromatic N) is 4. The SMILES string of the molecule is Cc1c(CSc2nc3ccccc3[nH]2)ncnc1N1CCOCC1. The van der Waals surface area contributed by atoms with Gasteiger partial charge in [0.05, 0.1) is 29.9 Å². The summed E-state index contributed by atoms with van der Waals surface area (Å²) in [6, 6.07) is 8.07. The summed E-state index contributed by atoms with van der Waals surface area (Å²) in [7, 11) is 0. The van der Waals surface area contributed by atoms with Crippen molar-refractivity contribution in [3.05, 3.63) is 41.9 Å². The Bertz CT molecular complexity index is 811. The average molecular weight is 341 g/mol. The largest absolute Gasteiger partial charge is 0.378 e. The van der Waals surface area contributed by atoms with Crippen molar-refractivity contribution in [2.75, 3.05) is 31.2 Å². The number of aromatic amines is 1. The Hall–Kier alpha value is -2.12. The highest BCUT2D eigenvalue weighted by Crippen LogP contribution is 2.26. The number of thioether (sulfide) groups is 1. The molecule has 1 aromatic carbocycles. The molecule has 7 heteroatoms. The molecule has 1 aliphatic rings. The third-order valence-electron chi connectivity index (χ3n) is 4.19. The first kappa shape index (κ1) is 15.4. The number of morpholine rings is 1. The number of aromatic nitrogens is 4. The lowest BCUT2D eigenvalue weighted by Crippen LogP contribution is -2.37. The topological polar surface area (TPSA) is 66.9 Å². The van der Waals surface area contributed by atoms with Gasteiger partial charge in [-0.2, -0.15) is 0 Å². The van der Waals surface area contributed by atoms with Crippen molar-refractivity contribution in [3.63, 3.8) is 0 Å². The summed E-state index contributed by atoms with van der Waals surface area (Å²) in [4.78, 5) is 19.2. The lowest BCUT2D eigenvalue weighted by molar-refractivity contribution is 0.122. The first-order valence-corrected chi connectivity index (χ1v) is 9.00. The Kier molecular flexibility index (Phi) is 4.36. The summed E-state index contributed by atoms with van der Waals surface area (Å²) < 4.78 is 5.42. The molecule has 0 bridgehead atoms. The average Bonchev–Trinajstić information content (AvgIpc) is 3.04. The van der Waals surface area contributed by atoms with Crippen LogP contribution in [-0.2, 0) is 10.5 Å². The van der Waals surface area contributed by atoms with Gasteiger partial charge in [-0.15, -0.1) is 0 Å².